The molecule has 5 nitrogen and oxygen atoms in total. The van der Waals surface area contributed by atoms with E-state index in [0.717, 1.165) is 5.75 Å². The van der Waals surface area contributed by atoms with Crippen molar-refractivity contribution in [2.75, 3.05) is 5.75 Å². The second kappa shape index (κ2) is 4.98. The zero-order valence-corrected chi connectivity index (χ0v) is 9.57. The Morgan fingerprint density at radius 1 is 1.50 bits per heavy atom. The highest BCUT2D eigenvalue weighted by atomic mass is 32.2. The van der Waals surface area contributed by atoms with Crippen molar-refractivity contribution in [2.24, 2.45) is 0 Å². The molecule has 0 unspecified atom stereocenters. The molecule has 6 heteroatoms. The summed E-state index contributed by atoms with van der Waals surface area (Å²) >= 11 is 1.71. The Morgan fingerprint density at radius 2 is 2.38 bits per heavy atom. The third-order valence-corrected chi connectivity index (χ3v) is 2.80. The maximum absolute atomic E-state index is 9.55. The van der Waals surface area contributed by atoms with Crippen LogP contribution in [0, 0.1) is 0 Å². The molecule has 84 valence electrons. The van der Waals surface area contributed by atoms with Crippen molar-refractivity contribution in [1.29, 1.82) is 0 Å². The van der Waals surface area contributed by atoms with Crippen LogP contribution >= 0.6 is 11.8 Å². The topological polar surface area (TPSA) is 72.0 Å². The molecule has 0 aliphatic carbocycles. The minimum absolute atomic E-state index is 0.0424. The maximum atomic E-state index is 9.55. The number of aromatic nitrogens is 3. The Bertz CT molecular complexity index is 473. The van der Waals surface area contributed by atoms with Gasteiger partial charge in [-0.25, -0.2) is 0 Å². The number of hydrogen-bond acceptors (Lipinski definition) is 6. The van der Waals surface area contributed by atoms with Gasteiger partial charge in [-0.3, -0.25) is 4.98 Å². The summed E-state index contributed by atoms with van der Waals surface area (Å²) in [5.41, 5.74) is 0.509. The van der Waals surface area contributed by atoms with E-state index in [4.69, 9.17) is 4.52 Å². The van der Waals surface area contributed by atoms with E-state index in [9.17, 15) is 5.11 Å². The average Bonchev–Trinajstić information content (AvgIpc) is 2.75. The van der Waals surface area contributed by atoms with Crippen LogP contribution in [0.25, 0.3) is 11.5 Å². The van der Waals surface area contributed by atoms with Crippen molar-refractivity contribution in [3.8, 4) is 17.2 Å². The molecule has 0 bridgehead atoms. The minimum atomic E-state index is 0.0424. The number of aromatic hydroxyl groups is 1. The third-order valence-electron chi connectivity index (χ3n) is 1.93. The normalized spacial score (nSPS) is 10.6. The van der Waals surface area contributed by atoms with Gasteiger partial charge in [-0.15, -0.1) is 0 Å². The van der Waals surface area contributed by atoms with E-state index in [1.54, 1.807) is 24.0 Å². The molecule has 2 rings (SSSR count). The molecule has 0 aliphatic rings. The zero-order valence-electron chi connectivity index (χ0n) is 8.75. The fourth-order valence-corrected chi connectivity index (χ4v) is 1.69. The maximum Gasteiger partial charge on any atom is 0.261 e. The molecular weight excluding hydrogens is 226 g/mol. The van der Waals surface area contributed by atoms with Crippen LogP contribution in [0.2, 0.25) is 0 Å². The smallest absolute Gasteiger partial charge is 0.261 e. The summed E-state index contributed by atoms with van der Waals surface area (Å²) in [5, 5.41) is 13.4. The number of rotatable bonds is 4. The Hall–Kier alpha value is -1.56. The molecule has 0 fully saturated rings. The lowest BCUT2D eigenvalue weighted by molar-refractivity contribution is 0.419. The van der Waals surface area contributed by atoms with E-state index in [1.807, 2.05) is 0 Å². The lowest BCUT2D eigenvalue weighted by atomic mass is 10.2. The zero-order chi connectivity index (χ0) is 11.4. The summed E-state index contributed by atoms with van der Waals surface area (Å²) in [6.07, 6.45) is 2.92. The van der Waals surface area contributed by atoms with E-state index in [1.165, 1.54) is 6.20 Å². The predicted molar refractivity (Wildman–Crippen MR) is 61.0 cm³/mol. The lowest BCUT2D eigenvalue weighted by Crippen LogP contribution is -1.85. The van der Waals surface area contributed by atoms with Crippen molar-refractivity contribution >= 4 is 11.8 Å². The van der Waals surface area contributed by atoms with Crippen LogP contribution in [0.5, 0.6) is 5.75 Å². The predicted octanol–water partition coefficient (Wildman–Crippen LogP) is 2.09. The van der Waals surface area contributed by atoms with Gasteiger partial charge in [0.15, 0.2) is 5.82 Å². The van der Waals surface area contributed by atoms with Crippen LogP contribution in [0.3, 0.4) is 0 Å². The van der Waals surface area contributed by atoms with Gasteiger partial charge in [0.2, 0.25) is 0 Å². The van der Waals surface area contributed by atoms with Gasteiger partial charge < -0.3 is 9.63 Å². The van der Waals surface area contributed by atoms with Crippen LogP contribution in [0.4, 0.5) is 0 Å². The fraction of sp³-hybridized carbons (Fsp3) is 0.300. The third kappa shape index (κ3) is 2.33. The highest BCUT2D eigenvalue weighted by molar-refractivity contribution is 7.98. The number of thioether (sulfide) groups is 1. The standard InChI is InChI=1S/C10H11N3O2S/c1-2-16-6-9-12-10(15-13-9)7-3-4-11-5-8(7)14/h3-5,14H,2,6H2,1H3. The molecule has 0 saturated carbocycles. The Labute approximate surface area is 96.9 Å². The van der Waals surface area contributed by atoms with Crippen molar-refractivity contribution < 1.29 is 9.63 Å². The molecule has 16 heavy (non-hydrogen) atoms. The molecule has 0 saturated heterocycles. The molecule has 2 heterocycles. The van der Waals surface area contributed by atoms with Gasteiger partial charge in [0.25, 0.3) is 5.89 Å². The number of hydrogen-bond donors (Lipinski definition) is 1. The van der Waals surface area contributed by atoms with Crippen LogP contribution in [-0.2, 0) is 5.75 Å². The number of pyridine rings is 1. The first kappa shape index (κ1) is 10.9. The monoisotopic (exact) mass is 237 g/mol. The molecule has 0 atom stereocenters. The molecule has 0 amide bonds. The molecule has 0 spiro atoms. The highest BCUT2D eigenvalue weighted by Crippen LogP contribution is 2.26. The van der Waals surface area contributed by atoms with Crippen molar-refractivity contribution in [1.82, 2.24) is 15.1 Å². The van der Waals surface area contributed by atoms with E-state index < -0.39 is 0 Å². The summed E-state index contributed by atoms with van der Waals surface area (Å²) < 4.78 is 5.07. The minimum Gasteiger partial charge on any atom is -0.505 e. The van der Waals surface area contributed by atoms with E-state index in [2.05, 4.69) is 22.0 Å². The van der Waals surface area contributed by atoms with Gasteiger partial charge in [0.05, 0.1) is 17.5 Å². The highest BCUT2D eigenvalue weighted by Gasteiger charge is 2.12. The molecule has 1 N–H and O–H groups in total. The molecule has 2 aromatic rings. The van der Waals surface area contributed by atoms with E-state index >= 15 is 0 Å². The van der Waals surface area contributed by atoms with Crippen molar-refractivity contribution in [3.63, 3.8) is 0 Å². The Balaban J connectivity index is 2.22. The summed E-state index contributed by atoms with van der Waals surface area (Å²) in [6.45, 7) is 2.07. The molecular formula is C10H11N3O2S. The van der Waals surface area contributed by atoms with Gasteiger partial charge in [0.1, 0.15) is 5.75 Å². The van der Waals surface area contributed by atoms with Crippen LogP contribution < -0.4 is 0 Å². The summed E-state index contributed by atoms with van der Waals surface area (Å²) in [6, 6.07) is 1.64. The fourth-order valence-electron chi connectivity index (χ4n) is 1.18. The quantitative estimate of drug-likeness (QED) is 0.877. The second-order valence-electron chi connectivity index (χ2n) is 3.05. The van der Waals surface area contributed by atoms with Gasteiger partial charge in [0, 0.05) is 6.20 Å². The number of nitrogens with zero attached hydrogens (tertiary/aromatic N) is 3. The first-order valence-electron chi connectivity index (χ1n) is 4.85. The van der Waals surface area contributed by atoms with Crippen molar-refractivity contribution in [2.45, 2.75) is 12.7 Å². The Morgan fingerprint density at radius 3 is 3.12 bits per heavy atom. The van der Waals surface area contributed by atoms with Crippen LogP contribution in [0.1, 0.15) is 12.7 Å². The summed E-state index contributed by atoms with van der Waals surface area (Å²) in [5.74, 6) is 2.72. The average molecular weight is 237 g/mol. The largest absolute Gasteiger partial charge is 0.505 e. The molecule has 2 aromatic heterocycles. The lowest BCUT2D eigenvalue weighted by Gasteiger charge is -1.95. The Kier molecular flexibility index (Phi) is 3.40. The van der Waals surface area contributed by atoms with Crippen molar-refractivity contribution in [3.05, 3.63) is 24.3 Å². The second-order valence-corrected chi connectivity index (χ2v) is 4.32. The van der Waals surface area contributed by atoms with E-state index in [-0.39, 0.29) is 5.75 Å². The first-order chi connectivity index (χ1) is 7.81. The first-order valence-corrected chi connectivity index (χ1v) is 6.00. The van der Waals surface area contributed by atoms with Crippen LogP contribution in [-0.4, -0.2) is 26.0 Å². The van der Waals surface area contributed by atoms with E-state index in [0.29, 0.717) is 23.0 Å². The summed E-state index contributed by atoms with van der Waals surface area (Å²) in [7, 11) is 0. The molecule has 0 radical (unpaired) electrons. The van der Waals surface area contributed by atoms with Gasteiger partial charge in [-0.2, -0.15) is 16.7 Å². The SMILES string of the molecule is CCSCc1noc(-c2ccncc2O)n1. The summed E-state index contributed by atoms with van der Waals surface area (Å²) in [4.78, 5) is 7.98. The molecule has 0 aromatic carbocycles. The van der Waals surface area contributed by atoms with Crippen LogP contribution in [0.15, 0.2) is 23.0 Å². The van der Waals surface area contributed by atoms with Gasteiger partial charge in [-0.05, 0) is 11.8 Å². The molecule has 0 aliphatic heterocycles. The van der Waals surface area contributed by atoms with Gasteiger partial charge >= 0.3 is 0 Å². The van der Waals surface area contributed by atoms with Gasteiger partial charge in [-0.1, -0.05) is 12.1 Å².